The van der Waals surface area contributed by atoms with Crippen LogP contribution in [0.5, 0.6) is 0 Å². The van der Waals surface area contributed by atoms with E-state index in [0.717, 1.165) is 55.0 Å². The Morgan fingerprint density at radius 3 is 2.08 bits per heavy atom. The largest absolute Gasteiger partial charge is 0.384 e. The minimum Gasteiger partial charge on any atom is -0.384 e. The van der Waals surface area contributed by atoms with Crippen LogP contribution >= 0.6 is 34.3 Å². The number of nitrogens with zero attached hydrogens (tertiary/aromatic N) is 3. The summed E-state index contributed by atoms with van der Waals surface area (Å²) in [7, 11) is -7.12. The summed E-state index contributed by atoms with van der Waals surface area (Å²) in [6.07, 6.45) is 4.83. The van der Waals surface area contributed by atoms with Crippen LogP contribution in [0.1, 0.15) is 11.1 Å². The first-order valence-electron chi connectivity index (χ1n) is 11.9. The van der Waals surface area contributed by atoms with Gasteiger partial charge >= 0.3 is 0 Å². The van der Waals surface area contributed by atoms with Gasteiger partial charge in [0.05, 0.1) is 9.79 Å². The van der Waals surface area contributed by atoms with Crippen molar-refractivity contribution in [3.8, 4) is 0 Å². The number of fused-ring (bicyclic) bond motifs is 2. The molecule has 2 aliphatic rings. The van der Waals surface area contributed by atoms with E-state index in [4.69, 9.17) is 11.6 Å². The summed E-state index contributed by atoms with van der Waals surface area (Å²) in [6.45, 7) is 2.52. The van der Waals surface area contributed by atoms with Crippen molar-refractivity contribution in [2.75, 3.05) is 45.2 Å². The van der Waals surface area contributed by atoms with Gasteiger partial charge in [0, 0.05) is 60.0 Å². The Morgan fingerprint density at radius 2 is 1.49 bits per heavy atom. The molecule has 2 aromatic heterocycles. The van der Waals surface area contributed by atoms with Gasteiger partial charge in [0.1, 0.15) is 0 Å². The Kier molecular flexibility index (Phi) is 8.28. The van der Waals surface area contributed by atoms with Crippen LogP contribution in [0.4, 0.5) is 21.6 Å². The van der Waals surface area contributed by atoms with Crippen molar-refractivity contribution < 1.29 is 16.8 Å². The molecular formula is C24H25ClN6O4S4. The molecule has 0 radical (unpaired) electrons. The number of nitrogens with one attached hydrogen (secondary N) is 3. The molecule has 0 saturated carbocycles. The number of hydrogen-bond acceptors (Lipinski definition) is 10. The van der Waals surface area contributed by atoms with Crippen LogP contribution in [0, 0.1) is 0 Å². The number of hydrogen-bond donors (Lipinski definition) is 3. The molecule has 39 heavy (non-hydrogen) atoms. The van der Waals surface area contributed by atoms with Gasteiger partial charge in [-0.3, -0.25) is 9.44 Å². The van der Waals surface area contributed by atoms with Gasteiger partial charge in [0.2, 0.25) is 0 Å². The highest BCUT2D eigenvalue weighted by molar-refractivity contribution is 7.93. The lowest BCUT2D eigenvalue weighted by atomic mass is 10.2. The van der Waals surface area contributed by atoms with Gasteiger partial charge in [-0.05, 0) is 60.4 Å². The summed E-state index contributed by atoms with van der Waals surface area (Å²) in [5, 5.41) is 7.41. The third-order valence-corrected chi connectivity index (χ3v) is 10.6. The first-order valence-corrected chi connectivity index (χ1v) is 17.2. The van der Waals surface area contributed by atoms with Gasteiger partial charge in [-0.25, -0.2) is 26.8 Å². The fraction of sp³-hybridized carbons (Fsp3) is 0.250. The van der Waals surface area contributed by atoms with Gasteiger partial charge < -0.3 is 10.2 Å². The number of alkyl halides is 1. The van der Waals surface area contributed by atoms with Gasteiger partial charge in [0.15, 0.2) is 10.3 Å². The van der Waals surface area contributed by atoms with E-state index in [1.165, 1.54) is 22.7 Å². The standard InChI is InChI=1S/C13H14ClN3O2S2.C11H11N3O2S2/c14-4-7-17-6-3-10-9-11(1-2-12(10)17)21(18,19)16-13-15-5-8-20-13;15-18(16,14-11-13-5-6-17-11)9-1-2-10-8(7-9)3-4-12-10/h1-2,5,8-9H,3-4,6-7H2,(H,15,16);1-2,5-7,12H,3-4H2,(H,13,14). The van der Waals surface area contributed by atoms with E-state index < -0.39 is 20.0 Å². The molecule has 2 aromatic carbocycles. The summed E-state index contributed by atoms with van der Waals surface area (Å²) in [6, 6.07) is 10.3. The fourth-order valence-corrected chi connectivity index (χ4v) is 8.17. The minimum atomic E-state index is -3.58. The van der Waals surface area contributed by atoms with Crippen LogP contribution in [0.25, 0.3) is 0 Å². The number of anilines is 4. The summed E-state index contributed by atoms with van der Waals surface area (Å²) in [4.78, 5) is 10.6. The second kappa shape index (κ2) is 11.7. The second-order valence-corrected chi connectivity index (χ2v) is 14.1. The lowest BCUT2D eigenvalue weighted by molar-refractivity contribution is 0.599. The normalized spacial score (nSPS) is 14.1. The summed E-state index contributed by atoms with van der Waals surface area (Å²) >= 11 is 8.29. The average Bonchev–Trinajstić information content (AvgIpc) is 3.72. The Bertz CT molecular complexity index is 1650. The second-order valence-electron chi connectivity index (χ2n) is 8.60. The van der Waals surface area contributed by atoms with Crippen molar-refractivity contribution in [1.29, 1.82) is 0 Å². The summed E-state index contributed by atoms with van der Waals surface area (Å²) < 4.78 is 53.9. The van der Waals surface area contributed by atoms with Crippen molar-refractivity contribution in [3.05, 3.63) is 70.7 Å². The highest BCUT2D eigenvalue weighted by atomic mass is 35.5. The SMILES string of the molecule is O=S(=O)(Nc1nccs1)c1ccc2c(c1)CCN2.O=S(=O)(Nc1nccs1)c1ccc2c(c1)CCN2CCCl. The van der Waals surface area contributed by atoms with Crippen LogP contribution in [0.2, 0.25) is 0 Å². The Hall–Kier alpha value is -2.91. The Balaban J connectivity index is 0.000000160. The molecule has 0 saturated heterocycles. The smallest absolute Gasteiger partial charge is 0.263 e. The van der Waals surface area contributed by atoms with E-state index in [0.29, 0.717) is 16.1 Å². The van der Waals surface area contributed by atoms with Gasteiger partial charge in [-0.15, -0.1) is 34.3 Å². The molecule has 15 heteroatoms. The van der Waals surface area contributed by atoms with E-state index in [2.05, 4.69) is 29.6 Å². The third kappa shape index (κ3) is 6.47. The molecule has 4 aromatic rings. The van der Waals surface area contributed by atoms with Crippen LogP contribution in [-0.4, -0.2) is 52.3 Å². The Morgan fingerprint density at radius 1 is 0.872 bits per heavy atom. The highest BCUT2D eigenvalue weighted by Crippen LogP contribution is 2.31. The monoisotopic (exact) mass is 624 g/mol. The molecule has 206 valence electrons. The van der Waals surface area contributed by atoms with Gasteiger partial charge in [-0.2, -0.15) is 0 Å². The third-order valence-electron chi connectivity index (χ3n) is 6.11. The number of thiazole rings is 2. The molecule has 0 bridgehead atoms. The zero-order chi connectivity index (χ0) is 27.5. The van der Waals surface area contributed by atoms with E-state index in [1.54, 1.807) is 53.5 Å². The van der Waals surface area contributed by atoms with E-state index in [9.17, 15) is 16.8 Å². The molecule has 10 nitrogen and oxygen atoms in total. The van der Waals surface area contributed by atoms with Crippen molar-refractivity contribution in [1.82, 2.24) is 9.97 Å². The molecule has 0 unspecified atom stereocenters. The number of rotatable bonds is 8. The van der Waals surface area contributed by atoms with E-state index in [1.807, 2.05) is 6.07 Å². The summed E-state index contributed by atoms with van der Waals surface area (Å²) in [5.41, 5.74) is 4.17. The zero-order valence-electron chi connectivity index (χ0n) is 20.5. The average molecular weight is 625 g/mol. The molecule has 0 fully saturated rings. The molecule has 0 amide bonds. The van der Waals surface area contributed by atoms with Gasteiger partial charge in [0.25, 0.3) is 20.0 Å². The molecule has 4 heterocycles. The Labute approximate surface area is 240 Å². The summed E-state index contributed by atoms with van der Waals surface area (Å²) in [5.74, 6) is 0.561. The lowest BCUT2D eigenvalue weighted by Crippen LogP contribution is -2.22. The zero-order valence-corrected chi connectivity index (χ0v) is 24.5. The first kappa shape index (κ1) is 27.6. The van der Waals surface area contributed by atoms with Crippen LogP contribution in [0.15, 0.2) is 69.3 Å². The van der Waals surface area contributed by atoms with Crippen LogP contribution in [-0.2, 0) is 32.9 Å². The van der Waals surface area contributed by atoms with Crippen molar-refractivity contribution in [3.63, 3.8) is 0 Å². The number of halogens is 1. The van der Waals surface area contributed by atoms with E-state index >= 15 is 0 Å². The van der Waals surface area contributed by atoms with Crippen molar-refractivity contribution >= 4 is 76.0 Å². The number of aromatic nitrogens is 2. The van der Waals surface area contributed by atoms with Crippen LogP contribution in [0.3, 0.4) is 0 Å². The first-order chi connectivity index (χ1) is 18.7. The number of benzene rings is 2. The quantitative estimate of drug-likeness (QED) is 0.245. The molecule has 0 atom stereocenters. The molecule has 0 aliphatic carbocycles. The molecule has 3 N–H and O–H groups in total. The molecule has 6 rings (SSSR count). The maximum atomic E-state index is 12.3. The predicted molar refractivity (Wildman–Crippen MR) is 158 cm³/mol. The van der Waals surface area contributed by atoms with Crippen LogP contribution < -0.4 is 19.7 Å². The minimum absolute atomic E-state index is 0.268. The topological polar surface area (TPSA) is 133 Å². The fourth-order valence-electron chi connectivity index (χ4n) is 4.29. The molecule has 2 aliphatic heterocycles. The van der Waals surface area contributed by atoms with Crippen molar-refractivity contribution in [2.45, 2.75) is 22.6 Å². The van der Waals surface area contributed by atoms with Gasteiger partial charge in [-0.1, -0.05) is 0 Å². The van der Waals surface area contributed by atoms with Crippen molar-refractivity contribution in [2.24, 2.45) is 0 Å². The maximum absolute atomic E-state index is 12.3. The molecule has 0 spiro atoms. The lowest BCUT2D eigenvalue weighted by Gasteiger charge is -2.17. The number of sulfonamides is 2. The predicted octanol–water partition coefficient (Wildman–Crippen LogP) is 4.46. The highest BCUT2D eigenvalue weighted by Gasteiger charge is 2.23. The maximum Gasteiger partial charge on any atom is 0.263 e. The molecular weight excluding hydrogens is 600 g/mol. The van der Waals surface area contributed by atoms with E-state index in [-0.39, 0.29) is 9.79 Å².